The van der Waals surface area contributed by atoms with Crippen molar-refractivity contribution in [2.75, 3.05) is 18.5 Å². The Hall–Kier alpha value is -2.70. The molecule has 0 unspecified atom stereocenters. The molecule has 0 bridgehead atoms. The average molecular weight is 394 g/mol. The molecule has 1 fully saturated rings. The number of hydrogen-bond donors (Lipinski definition) is 1. The van der Waals surface area contributed by atoms with Gasteiger partial charge in [-0.2, -0.15) is 0 Å². The number of benzene rings is 2. The zero-order valence-electron chi connectivity index (χ0n) is 15.5. The molecular formula is C22H22N2O3S. The van der Waals surface area contributed by atoms with Crippen LogP contribution in [0.15, 0.2) is 60.8 Å². The third-order valence-electron chi connectivity index (χ3n) is 4.57. The maximum absolute atomic E-state index is 12.5. The van der Waals surface area contributed by atoms with Gasteiger partial charge in [0.25, 0.3) is 5.91 Å². The molecule has 2 aromatic carbocycles. The van der Waals surface area contributed by atoms with Gasteiger partial charge in [0.15, 0.2) is 5.13 Å². The monoisotopic (exact) mass is 394 g/mol. The van der Waals surface area contributed by atoms with Crippen molar-refractivity contribution in [3.63, 3.8) is 0 Å². The van der Waals surface area contributed by atoms with Gasteiger partial charge in [0.1, 0.15) is 12.4 Å². The summed E-state index contributed by atoms with van der Waals surface area (Å²) in [5, 5.41) is 3.47. The van der Waals surface area contributed by atoms with Crippen LogP contribution in [0, 0.1) is 0 Å². The number of nitrogens with one attached hydrogen (secondary N) is 1. The quantitative estimate of drug-likeness (QED) is 0.639. The van der Waals surface area contributed by atoms with Crippen molar-refractivity contribution in [3.05, 3.63) is 76.8 Å². The van der Waals surface area contributed by atoms with Crippen LogP contribution in [0.1, 0.15) is 33.6 Å². The highest BCUT2D eigenvalue weighted by atomic mass is 32.1. The lowest BCUT2D eigenvalue weighted by Gasteiger charge is -2.11. The molecule has 28 heavy (non-hydrogen) atoms. The van der Waals surface area contributed by atoms with E-state index in [-0.39, 0.29) is 12.0 Å². The summed E-state index contributed by atoms with van der Waals surface area (Å²) in [6.07, 6.45) is 4.94. The van der Waals surface area contributed by atoms with E-state index in [1.807, 2.05) is 36.5 Å². The number of rotatable bonds is 7. The highest BCUT2D eigenvalue weighted by molar-refractivity contribution is 7.15. The molecule has 1 saturated heterocycles. The van der Waals surface area contributed by atoms with Crippen LogP contribution >= 0.6 is 11.3 Å². The van der Waals surface area contributed by atoms with E-state index < -0.39 is 0 Å². The molecule has 5 nitrogen and oxygen atoms in total. The number of aromatic nitrogens is 1. The largest absolute Gasteiger partial charge is 0.491 e. The number of hydrogen-bond acceptors (Lipinski definition) is 5. The van der Waals surface area contributed by atoms with E-state index in [1.165, 1.54) is 16.9 Å². The number of thiazole rings is 1. The van der Waals surface area contributed by atoms with Gasteiger partial charge in [0.2, 0.25) is 0 Å². The van der Waals surface area contributed by atoms with E-state index in [0.29, 0.717) is 17.3 Å². The second-order valence-electron chi connectivity index (χ2n) is 6.72. The molecule has 4 rings (SSSR count). The molecule has 0 spiro atoms. The van der Waals surface area contributed by atoms with Gasteiger partial charge in [-0.1, -0.05) is 30.3 Å². The predicted octanol–water partition coefficient (Wildman–Crippen LogP) is 4.54. The number of carbonyl (C=O) groups is 1. The van der Waals surface area contributed by atoms with Crippen LogP contribution in [0.25, 0.3) is 0 Å². The van der Waals surface area contributed by atoms with Crippen molar-refractivity contribution < 1.29 is 14.3 Å². The van der Waals surface area contributed by atoms with Gasteiger partial charge >= 0.3 is 0 Å². The molecule has 6 heteroatoms. The lowest BCUT2D eigenvalue weighted by Crippen LogP contribution is -2.16. The second-order valence-corrected chi connectivity index (χ2v) is 7.83. The van der Waals surface area contributed by atoms with Gasteiger partial charge in [-0.05, 0) is 42.7 Å². The van der Waals surface area contributed by atoms with Crippen molar-refractivity contribution in [2.24, 2.45) is 0 Å². The van der Waals surface area contributed by atoms with Gasteiger partial charge in [0.05, 0.1) is 6.10 Å². The van der Waals surface area contributed by atoms with Gasteiger partial charge in [-0.25, -0.2) is 4.98 Å². The minimum atomic E-state index is -0.175. The maximum Gasteiger partial charge on any atom is 0.257 e. The van der Waals surface area contributed by atoms with Crippen LogP contribution < -0.4 is 10.1 Å². The molecule has 1 atom stereocenters. The molecule has 2 heterocycles. The first-order valence-electron chi connectivity index (χ1n) is 9.41. The molecule has 1 aromatic heterocycles. The molecular weight excluding hydrogens is 372 g/mol. The van der Waals surface area contributed by atoms with Gasteiger partial charge in [-0.3, -0.25) is 10.1 Å². The van der Waals surface area contributed by atoms with Gasteiger partial charge in [0, 0.05) is 29.7 Å². The summed E-state index contributed by atoms with van der Waals surface area (Å²) in [6, 6.07) is 17.4. The summed E-state index contributed by atoms with van der Waals surface area (Å²) in [4.78, 5) is 17.9. The SMILES string of the molecule is O=C(Nc1ncc(Cc2ccccc2)s1)c1ccc(OC[C@H]2CCCO2)cc1. The van der Waals surface area contributed by atoms with E-state index in [4.69, 9.17) is 9.47 Å². The summed E-state index contributed by atoms with van der Waals surface area (Å²) in [5.41, 5.74) is 1.80. The smallest absolute Gasteiger partial charge is 0.257 e. The molecule has 3 aromatic rings. The summed E-state index contributed by atoms with van der Waals surface area (Å²) in [5.74, 6) is 0.567. The van der Waals surface area contributed by atoms with Crippen molar-refractivity contribution >= 4 is 22.4 Å². The molecule has 1 aliphatic rings. The Morgan fingerprint density at radius 1 is 1.18 bits per heavy atom. The van der Waals surface area contributed by atoms with Gasteiger partial charge < -0.3 is 9.47 Å². The number of ether oxygens (including phenoxy) is 2. The van der Waals surface area contributed by atoms with Crippen LogP contribution in [0.3, 0.4) is 0 Å². The molecule has 1 N–H and O–H groups in total. The second kappa shape index (κ2) is 8.99. The summed E-state index contributed by atoms with van der Waals surface area (Å²) < 4.78 is 11.3. The molecule has 0 saturated carbocycles. The molecule has 0 radical (unpaired) electrons. The van der Waals surface area contributed by atoms with Crippen LogP contribution in [0.4, 0.5) is 5.13 Å². The lowest BCUT2D eigenvalue weighted by molar-refractivity contribution is 0.0679. The number of amides is 1. The van der Waals surface area contributed by atoms with E-state index in [2.05, 4.69) is 22.4 Å². The van der Waals surface area contributed by atoms with Crippen molar-refractivity contribution in [2.45, 2.75) is 25.4 Å². The molecule has 144 valence electrons. The Morgan fingerprint density at radius 3 is 2.75 bits per heavy atom. The summed E-state index contributed by atoms with van der Waals surface area (Å²) >= 11 is 1.49. The zero-order chi connectivity index (χ0) is 19.2. The summed E-state index contributed by atoms with van der Waals surface area (Å²) in [6.45, 7) is 1.37. The van der Waals surface area contributed by atoms with Crippen LogP contribution in [0.5, 0.6) is 5.75 Å². The molecule has 1 aliphatic heterocycles. The fourth-order valence-electron chi connectivity index (χ4n) is 3.08. The number of nitrogens with zero attached hydrogens (tertiary/aromatic N) is 1. The third-order valence-corrected chi connectivity index (χ3v) is 5.48. The Bertz CT molecular complexity index is 903. The van der Waals surface area contributed by atoms with Crippen molar-refractivity contribution in [1.29, 1.82) is 0 Å². The number of anilines is 1. The van der Waals surface area contributed by atoms with Crippen molar-refractivity contribution in [1.82, 2.24) is 4.98 Å². The minimum Gasteiger partial charge on any atom is -0.491 e. The van der Waals surface area contributed by atoms with E-state index in [0.717, 1.165) is 36.5 Å². The minimum absolute atomic E-state index is 0.175. The topological polar surface area (TPSA) is 60.5 Å². The standard InChI is InChI=1S/C22H22N2O3S/c25-21(17-8-10-18(11-9-17)27-15-19-7-4-12-26-19)24-22-23-14-20(28-22)13-16-5-2-1-3-6-16/h1-3,5-6,8-11,14,19H,4,7,12-13,15H2,(H,23,24,25)/t19-/m1/s1. The predicted molar refractivity (Wildman–Crippen MR) is 110 cm³/mol. The van der Waals surface area contributed by atoms with Crippen molar-refractivity contribution in [3.8, 4) is 5.75 Å². The maximum atomic E-state index is 12.5. The van der Waals surface area contributed by atoms with Crippen LogP contribution in [-0.4, -0.2) is 30.2 Å². The van der Waals surface area contributed by atoms with Gasteiger partial charge in [-0.15, -0.1) is 11.3 Å². The first kappa shape index (κ1) is 18.7. The Labute approximate surface area is 168 Å². The average Bonchev–Trinajstić information content (AvgIpc) is 3.40. The number of carbonyl (C=O) groups excluding carboxylic acids is 1. The van der Waals surface area contributed by atoms with E-state index >= 15 is 0 Å². The molecule has 1 amide bonds. The first-order valence-corrected chi connectivity index (χ1v) is 10.2. The highest BCUT2D eigenvalue weighted by Gasteiger charge is 2.16. The van der Waals surface area contributed by atoms with Crippen LogP contribution in [-0.2, 0) is 11.2 Å². The molecule has 0 aliphatic carbocycles. The van der Waals surface area contributed by atoms with Crippen LogP contribution in [0.2, 0.25) is 0 Å². The highest BCUT2D eigenvalue weighted by Crippen LogP contribution is 2.22. The first-order chi connectivity index (χ1) is 13.8. The van der Waals surface area contributed by atoms with E-state index in [9.17, 15) is 4.79 Å². The Morgan fingerprint density at radius 2 is 2.00 bits per heavy atom. The fourth-order valence-corrected chi connectivity index (χ4v) is 3.92. The Balaban J connectivity index is 1.30. The zero-order valence-corrected chi connectivity index (χ0v) is 16.3. The summed E-state index contributed by atoms with van der Waals surface area (Å²) in [7, 11) is 0. The lowest BCUT2D eigenvalue weighted by atomic mass is 10.1. The normalized spacial score (nSPS) is 16.1. The van der Waals surface area contributed by atoms with E-state index in [1.54, 1.807) is 12.1 Å². The Kier molecular flexibility index (Phi) is 5.99. The fraction of sp³-hybridized carbons (Fsp3) is 0.273. The third kappa shape index (κ3) is 4.97.